The number of carbonyl (C=O) groups excluding carboxylic acids is 1. The lowest BCUT2D eigenvalue weighted by Crippen LogP contribution is -2.36. The van der Waals surface area contributed by atoms with E-state index in [-0.39, 0.29) is 11.9 Å². The molecule has 2 aromatic heterocycles. The number of amides is 1. The predicted octanol–water partition coefficient (Wildman–Crippen LogP) is 0.679. The summed E-state index contributed by atoms with van der Waals surface area (Å²) in [7, 11) is 0. The van der Waals surface area contributed by atoms with Crippen LogP contribution in [0.4, 0.5) is 5.69 Å². The molecule has 0 bridgehead atoms. The fourth-order valence-corrected chi connectivity index (χ4v) is 1.65. The predicted molar refractivity (Wildman–Crippen MR) is 67.8 cm³/mol. The minimum Gasteiger partial charge on any atom is -0.397 e. The van der Waals surface area contributed by atoms with Gasteiger partial charge in [0.05, 0.1) is 24.0 Å². The molecule has 0 fully saturated rings. The SMILES string of the molecule is CC(Cn1cccn1)NC(=O)c1ccncc1N. The van der Waals surface area contributed by atoms with Crippen molar-refractivity contribution in [3.8, 4) is 0 Å². The number of rotatable bonds is 4. The van der Waals surface area contributed by atoms with E-state index < -0.39 is 0 Å². The number of nitrogen functional groups attached to an aromatic ring is 1. The first kappa shape index (κ1) is 12.1. The quantitative estimate of drug-likeness (QED) is 0.829. The van der Waals surface area contributed by atoms with Crippen molar-refractivity contribution in [2.75, 3.05) is 5.73 Å². The van der Waals surface area contributed by atoms with Gasteiger partial charge in [-0.25, -0.2) is 0 Å². The van der Waals surface area contributed by atoms with Gasteiger partial charge in [0.15, 0.2) is 0 Å². The number of aromatic nitrogens is 3. The van der Waals surface area contributed by atoms with Crippen molar-refractivity contribution in [1.82, 2.24) is 20.1 Å². The van der Waals surface area contributed by atoms with Gasteiger partial charge in [-0.1, -0.05) is 0 Å². The van der Waals surface area contributed by atoms with Crippen LogP contribution in [0.15, 0.2) is 36.9 Å². The lowest BCUT2D eigenvalue weighted by atomic mass is 10.2. The van der Waals surface area contributed by atoms with Gasteiger partial charge in [0, 0.05) is 24.6 Å². The van der Waals surface area contributed by atoms with Gasteiger partial charge in [-0.15, -0.1) is 0 Å². The highest BCUT2D eigenvalue weighted by atomic mass is 16.1. The summed E-state index contributed by atoms with van der Waals surface area (Å²) in [5.74, 6) is -0.199. The van der Waals surface area contributed by atoms with E-state index in [1.807, 2.05) is 19.2 Å². The van der Waals surface area contributed by atoms with Gasteiger partial charge >= 0.3 is 0 Å². The van der Waals surface area contributed by atoms with Crippen molar-refractivity contribution >= 4 is 11.6 Å². The zero-order valence-electron chi connectivity index (χ0n) is 10.1. The lowest BCUT2D eigenvalue weighted by Gasteiger charge is -2.14. The molecule has 6 nitrogen and oxygen atoms in total. The van der Waals surface area contributed by atoms with Crippen molar-refractivity contribution < 1.29 is 4.79 Å². The minimum atomic E-state index is -0.199. The fourth-order valence-electron chi connectivity index (χ4n) is 1.65. The van der Waals surface area contributed by atoms with E-state index in [0.29, 0.717) is 17.8 Å². The van der Waals surface area contributed by atoms with Crippen LogP contribution in [0.1, 0.15) is 17.3 Å². The first-order valence-electron chi connectivity index (χ1n) is 5.64. The molecular formula is C12H15N5O. The van der Waals surface area contributed by atoms with E-state index in [9.17, 15) is 4.79 Å². The number of nitrogens with one attached hydrogen (secondary N) is 1. The van der Waals surface area contributed by atoms with E-state index in [0.717, 1.165) is 0 Å². The number of carbonyl (C=O) groups is 1. The van der Waals surface area contributed by atoms with Gasteiger partial charge in [-0.2, -0.15) is 5.10 Å². The van der Waals surface area contributed by atoms with Gasteiger partial charge in [-0.3, -0.25) is 14.5 Å². The second-order valence-corrected chi connectivity index (χ2v) is 4.07. The van der Waals surface area contributed by atoms with E-state index in [4.69, 9.17) is 5.73 Å². The van der Waals surface area contributed by atoms with Crippen LogP contribution in [-0.4, -0.2) is 26.7 Å². The Morgan fingerprint density at radius 3 is 3.06 bits per heavy atom. The van der Waals surface area contributed by atoms with Crippen LogP contribution in [0.25, 0.3) is 0 Å². The summed E-state index contributed by atoms with van der Waals surface area (Å²) in [6.07, 6.45) is 6.56. The molecule has 2 aromatic rings. The Labute approximate surface area is 105 Å². The number of pyridine rings is 1. The molecule has 1 atom stereocenters. The van der Waals surface area contributed by atoms with Crippen LogP contribution in [-0.2, 0) is 6.54 Å². The molecule has 1 unspecified atom stereocenters. The van der Waals surface area contributed by atoms with Crippen LogP contribution >= 0.6 is 0 Å². The number of nitrogens with zero attached hydrogens (tertiary/aromatic N) is 3. The molecule has 0 saturated heterocycles. The van der Waals surface area contributed by atoms with E-state index in [1.165, 1.54) is 6.20 Å². The van der Waals surface area contributed by atoms with Crippen LogP contribution in [0.3, 0.4) is 0 Å². The normalized spacial score (nSPS) is 12.1. The summed E-state index contributed by atoms with van der Waals surface area (Å²) in [5, 5.41) is 6.95. The standard InChI is InChI=1S/C12H15N5O/c1-9(8-17-6-2-4-15-17)16-12(18)10-3-5-14-7-11(10)13/h2-7,9H,8,13H2,1H3,(H,16,18). The molecule has 1 amide bonds. The molecule has 0 spiro atoms. The van der Waals surface area contributed by atoms with Gasteiger partial charge in [0.2, 0.25) is 0 Å². The molecule has 0 aliphatic rings. The summed E-state index contributed by atoms with van der Waals surface area (Å²) >= 11 is 0. The maximum atomic E-state index is 12.0. The van der Waals surface area contributed by atoms with E-state index >= 15 is 0 Å². The second kappa shape index (κ2) is 5.31. The monoisotopic (exact) mass is 245 g/mol. The average Bonchev–Trinajstić information content (AvgIpc) is 2.82. The summed E-state index contributed by atoms with van der Waals surface area (Å²) in [5.41, 5.74) is 6.51. The van der Waals surface area contributed by atoms with Crippen LogP contribution < -0.4 is 11.1 Å². The lowest BCUT2D eigenvalue weighted by molar-refractivity contribution is 0.0937. The fraction of sp³-hybridized carbons (Fsp3) is 0.250. The molecule has 6 heteroatoms. The molecule has 18 heavy (non-hydrogen) atoms. The zero-order chi connectivity index (χ0) is 13.0. The van der Waals surface area contributed by atoms with Crippen molar-refractivity contribution in [3.63, 3.8) is 0 Å². The Bertz CT molecular complexity index is 523. The Morgan fingerprint density at radius 2 is 2.39 bits per heavy atom. The third-order valence-corrected chi connectivity index (χ3v) is 2.49. The minimum absolute atomic E-state index is 0.0371. The summed E-state index contributed by atoms with van der Waals surface area (Å²) in [6, 6.07) is 3.41. The molecule has 0 aliphatic heterocycles. The molecule has 0 aliphatic carbocycles. The Hall–Kier alpha value is -2.37. The van der Waals surface area contributed by atoms with Gasteiger partial charge in [-0.05, 0) is 19.1 Å². The van der Waals surface area contributed by atoms with Crippen molar-refractivity contribution in [3.05, 3.63) is 42.5 Å². The highest BCUT2D eigenvalue weighted by Crippen LogP contribution is 2.08. The number of nitrogens with two attached hydrogens (primary N) is 1. The Kier molecular flexibility index (Phi) is 3.57. The van der Waals surface area contributed by atoms with Crippen molar-refractivity contribution in [1.29, 1.82) is 0 Å². The number of hydrogen-bond donors (Lipinski definition) is 2. The zero-order valence-corrected chi connectivity index (χ0v) is 10.1. The van der Waals surface area contributed by atoms with E-state index in [1.54, 1.807) is 23.1 Å². The van der Waals surface area contributed by atoms with Crippen molar-refractivity contribution in [2.45, 2.75) is 19.5 Å². The molecule has 94 valence electrons. The summed E-state index contributed by atoms with van der Waals surface area (Å²) in [6.45, 7) is 2.53. The second-order valence-electron chi connectivity index (χ2n) is 4.07. The highest BCUT2D eigenvalue weighted by Gasteiger charge is 2.12. The summed E-state index contributed by atoms with van der Waals surface area (Å²) < 4.78 is 1.76. The summed E-state index contributed by atoms with van der Waals surface area (Å²) in [4.78, 5) is 15.8. The molecule has 0 radical (unpaired) electrons. The van der Waals surface area contributed by atoms with Crippen LogP contribution in [0, 0.1) is 0 Å². The van der Waals surface area contributed by atoms with Gasteiger partial charge in [0.1, 0.15) is 0 Å². The average molecular weight is 245 g/mol. The van der Waals surface area contributed by atoms with Gasteiger partial charge in [0.25, 0.3) is 5.91 Å². The first-order chi connectivity index (χ1) is 8.66. The third kappa shape index (κ3) is 2.85. The maximum absolute atomic E-state index is 12.0. The smallest absolute Gasteiger partial charge is 0.253 e. The topological polar surface area (TPSA) is 85.8 Å². The van der Waals surface area contributed by atoms with Crippen molar-refractivity contribution in [2.24, 2.45) is 0 Å². The van der Waals surface area contributed by atoms with Gasteiger partial charge < -0.3 is 11.1 Å². The first-order valence-corrected chi connectivity index (χ1v) is 5.64. The third-order valence-electron chi connectivity index (χ3n) is 2.49. The number of anilines is 1. The molecular weight excluding hydrogens is 230 g/mol. The molecule has 0 saturated carbocycles. The molecule has 2 rings (SSSR count). The Balaban J connectivity index is 1.97. The Morgan fingerprint density at radius 1 is 1.56 bits per heavy atom. The highest BCUT2D eigenvalue weighted by molar-refractivity contribution is 5.98. The van der Waals surface area contributed by atoms with Crippen LogP contribution in [0.2, 0.25) is 0 Å². The van der Waals surface area contributed by atoms with E-state index in [2.05, 4.69) is 15.4 Å². The largest absolute Gasteiger partial charge is 0.397 e. The maximum Gasteiger partial charge on any atom is 0.253 e. The van der Waals surface area contributed by atoms with Crippen LogP contribution in [0.5, 0.6) is 0 Å². The molecule has 3 N–H and O–H groups in total. The molecule has 0 aromatic carbocycles. The number of hydrogen-bond acceptors (Lipinski definition) is 4. The molecule has 2 heterocycles.